The Balaban J connectivity index is 2.22. The van der Waals surface area contributed by atoms with Crippen molar-refractivity contribution in [3.8, 4) is 0 Å². The summed E-state index contributed by atoms with van der Waals surface area (Å²) in [5.41, 5.74) is 0.176. The molecule has 0 aliphatic carbocycles. The third kappa shape index (κ3) is 1.17. The second-order valence-electron chi connectivity index (χ2n) is 4.40. The summed E-state index contributed by atoms with van der Waals surface area (Å²) in [6.07, 6.45) is 1.02. The minimum atomic E-state index is 0.159. The maximum atomic E-state index is 11.4. The smallest absolute Gasteiger partial charge is 0.223 e. The maximum absolute atomic E-state index is 11.4. The van der Waals surface area contributed by atoms with Crippen LogP contribution < -0.4 is 5.32 Å². The van der Waals surface area contributed by atoms with E-state index in [9.17, 15) is 4.79 Å². The van der Waals surface area contributed by atoms with Crippen LogP contribution in [0.1, 0.15) is 20.3 Å². The van der Waals surface area contributed by atoms with Crippen LogP contribution in [0.5, 0.6) is 0 Å². The number of nitrogens with one attached hydrogen (secondary N) is 1. The summed E-state index contributed by atoms with van der Waals surface area (Å²) >= 11 is 0. The molecule has 0 aromatic rings. The molecule has 2 saturated heterocycles. The van der Waals surface area contributed by atoms with E-state index in [0.29, 0.717) is 5.92 Å². The largest absolute Gasteiger partial charge is 0.381 e. The van der Waals surface area contributed by atoms with Gasteiger partial charge in [-0.15, -0.1) is 0 Å². The number of ether oxygens (including phenoxy) is 1. The summed E-state index contributed by atoms with van der Waals surface area (Å²) in [5.74, 6) is 0.871. The molecule has 1 N–H and O–H groups in total. The molecule has 2 aliphatic heterocycles. The molecule has 2 heterocycles. The van der Waals surface area contributed by atoms with Gasteiger partial charge in [-0.05, 0) is 12.3 Å². The average molecular weight is 183 g/mol. The Labute approximate surface area is 78.8 Å². The van der Waals surface area contributed by atoms with E-state index >= 15 is 0 Å². The highest BCUT2D eigenvalue weighted by Gasteiger charge is 2.50. The molecule has 3 nitrogen and oxygen atoms in total. The van der Waals surface area contributed by atoms with Gasteiger partial charge in [0.05, 0.1) is 0 Å². The zero-order valence-electron chi connectivity index (χ0n) is 8.30. The lowest BCUT2D eigenvalue weighted by molar-refractivity contribution is -0.126. The number of hydrogen-bond donors (Lipinski definition) is 1. The van der Waals surface area contributed by atoms with E-state index in [1.807, 2.05) is 6.92 Å². The zero-order chi connectivity index (χ0) is 9.47. The maximum Gasteiger partial charge on any atom is 0.223 e. The third-order valence-corrected chi connectivity index (χ3v) is 3.91. The molecule has 0 saturated carbocycles. The van der Waals surface area contributed by atoms with Gasteiger partial charge >= 0.3 is 0 Å². The summed E-state index contributed by atoms with van der Waals surface area (Å²) < 4.78 is 5.41. The van der Waals surface area contributed by atoms with Crippen molar-refractivity contribution >= 4 is 5.91 Å². The van der Waals surface area contributed by atoms with Crippen molar-refractivity contribution in [1.29, 1.82) is 0 Å². The molecule has 2 aliphatic rings. The van der Waals surface area contributed by atoms with Crippen LogP contribution in [0, 0.1) is 17.3 Å². The molecule has 0 radical (unpaired) electrons. The van der Waals surface area contributed by atoms with E-state index < -0.39 is 0 Å². The first-order chi connectivity index (χ1) is 6.17. The van der Waals surface area contributed by atoms with Crippen LogP contribution in [0.25, 0.3) is 0 Å². The van der Waals surface area contributed by atoms with Crippen molar-refractivity contribution in [1.82, 2.24) is 5.32 Å². The Hall–Kier alpha value is -0.570. The highest BCUT2D eigenvalue weighted by Crippen LogP contribution is 2.44. The van der Waals surface area contributed by atoms with E-state index in [1.165, 1.54) is 0 Å². The van der Waals surface area contributed by atoms with E-state index in [-0.39, 0.29) is 17.2 Å². The van der Waals surface area contributed by atoms with Crippen LogP contribution in [0.3, 0.4) is 0 Å². The molecule has 3 unspecified atom stereocenters. The lowest BCUT2D eigenvalue weighted by Crippen LogP contribution is -2.43. The fourth-order valence-corrected chi connectivity index (χ4v) is 2.66. The summed E-state index contributed by atoms with van der Waals surface area (Å²) in [7, 11) is 0. The van der Waals surface area contributed by atoms with Gasteiger partial charge in [-0.3, -0.25) is 4.79 Å². The van der Waals surface area contributed by atoms with Gasteiger partial charge in [-0.2, -0.15) is 0 Å². The van der Waals surface area contributed by atoms with Gasteiger partial charge in [0, 0.05) is 31.1 Å². The number of hydrogen-bond acceptors (Lipinski definition) is 2. The van der Waals surface area contributed by atoms with Crippen LogP contribution >= 0.6 is 0 Å². The van der Waals surface area contributed by atoms with Gasteiger partial charge in [-0.25, -0.2) is 0 Å². The Morgan fingerprint density at radius 2 is 2.31 bits per heavy atom. The number of rotatable bonds is 0. The van der Waals surface area contributed by atoms with Crippen molar-refractivity contribution in [2.75, 3.05) is 19.8 Å². The van der Waals surface area contributed by atoms with Gasteiger partial charge in [0.25, 0.3) is 0 Å². The predicted molar refractivity (Wildman–Crippen MR) is 49.2 cm³/mol. The molecule has 74 valence electrons. The van der Waals surface area contributed by atoms with Crippen LogP contribution in [0.4, 0.5) is 0 Å². The van der Waals surface area contributed by atoms with E-state index in [4.69, 9.17) is 4.74 Å². The molecular formula is C10H17NO2. The van der Waals surface area contributed by atoms with Crippen LogP contribution in [0.2, 0.25) is 0 Å². The zero-order valence-corrected chi connectivity index (χ0v) is 8.30. The van der Waals surface area contributed by atoms with Crippen LogP contribution in [0.15, 0.2) is 0 Å². The molecule has 0 aromatic heterocycles. The molecule has 13 heavy (non-hydrogen) atoms. The molecule has 1 amide bonds. The summed E-state index contributed by atoms with van der Waals surface area (Å²) in [6.45, 7) is 6.70. The number of amides is 1. The topological polar surface area (TPSA) is 38.3 Å². The standard InChI is InChI=1S/C10H17NO2/c1-7-5-13-4-3-10(7)6-11-9(12)8(10)2/h7-8H,3-6H2,1-2H3,(H,11,12). The first-order valence-electron chi connectivity index (χ1n) is 5.02. The molecular weight excluding hydrogens is 166 g/mol. The SMILES string of the molecule is CC1COCCC12CNC(=O)C2C. The van der Waals surface area contributed by atoms with Gasteiger partial charge in [0.1, 0.15) is 0 Å². The highest BCUT2D eigenvalue weighted by atomic mass is 16.5. The molecule has 0 aromatic carbocycles. The van der Waals surface area contributed by atoms with E-state index in [2.05, 4.69) is 12.2 Å². The summed E-state index contributed by atoms with van der Waals surface area (Å²) in [4.78, 5) is 11.4. The third-order valence-electron chi connectivity index (χ3n) is 3.91. The molecule has 1 spiro atoms. The lowest BCUT2D eigenvalue weighted by Gasteiger charge is -2.41. The second kappa shape index (κ2) is 2.98. The molecule has 0 bridgehead atoms. The molecule has 3 heteroatoms. The van der Waals surface area contributed by atoms with Gasteiger partial charge in [0.15, 0.2) is 0 Å². The lowest BCUT2D eigenvalue weighted by atomic mass is 9.67. The first-order valence-corrected chi connectivity index (χ1v) is 5.02. The minimum absolute atomic E-state index is 0.159. The van der Waals surface area contributed by atoms with Crippen LogP contribution in [-0.2, 0) is 9.53 Å². The highest BCUT2D eigenvalue weighted by molar-refractivity contribution is 5.81. The Bertz CT molecular complexity index is 229. The van der Waals surface area contributed by atoms with Crippen molar-refractivity contribution in [3.05, 3.63) is 0 Å². The second-order valence-corrected chi connectivity index (χ2v) is 4.40. The Morgan fingerprint density at radius 3 is 2.85 bits per heavy atom. The van der Waals surface area contributed by atoms with Gasteiger partial charge < -0.3 is 10.1 Å². The fourth-order valence-electron chi connectivity index (χ4n) is 2.66. The van der Waals surface area contributed by atoms with E-state index in [0.717, 1.165) is 26.2 Å². The molecule has 2 fully saturated rings. The summed E-state index contributed by atoms with van der Waals surface area (Å²) in [6, 6.07) is 0. The minimum Gasteiger partial charge on any atom is -0.381 e. The fraction of sp³-hybridized carbons (Fsp3) is 0.900. The monoisotopic (exact) mass is 183 g/mol. The van der Waals surface area contributed by atoms with E-state index in [1.54, 1.807) is 0 Å². The predicted octanol–water partition coefficient (Wildman–Crippen LogP) is 0.795. The van der Waals surface area contributed by atoms with Crippen molar-refractivity contribution < 1.29 is 9.53 Å². The quantitative estimate of drug-likeness (QED) is 0.603. The Morgan fingerprint density at radius 1 is 1.54 bits per heavy atom. The molecule has 3 atom stereocenters. The van der Waals surface area contributed by atoms with Crippen LogP contribution in [-0.4, -0.2) is 25.7 Å². The van der Waals surface area contributed by atoms with Gasteiger partial charge in [0.2, 0.25) is 5.91 Å². The Kier molecular flexibility index (Phi) is 2.06. The number of carbonyl (C=O) groups is 1. The average Bonchev–Trinajstić information content (AvgIpc) is 2.40. The summed E-state index contributed by atoms with van der Waals surface area (Å²) in [5, 5.41) is 2.97. The normalized spacial score (nSPS) is 45.2. The van der Waals surface area contributed by atoms with Crippen molar-refractivity contribution in [3.63, 3.8) is 0 Å². The molecule has 2 rings (SSSR count). The number of carbonyl (C=O) groups excluding carboxylic acids is 1. The van der Waals surface area contributed by atoms with Crippen molar-refractivity contribution in [2.45, 2.75) is 20.3 Å². The van der Waals surface area contributed by atoms with Gasteiger partial charge in [-0.1, -0.05) is 13.8 Å². The first kappa shape index (κ1) is 9.00. The van der Waals surface area contributed by atoms with Crippen molar-refractivity contribution in [2.24, 2.45) is 17.3 Å².